The zero-order chi connectivity index (χ0) is 20.1. The normalized spacial score (nSPS) is 16.3. The third-order valence-corrected chi connectivity index (χ3v) is 4.97. The Morgan fingerprint density at radius 3 is 2.62 bits per heavy atom. The third kappa shape index (κ3) is 4.59. The van der Waals surface area contributed by atoms with Crippen LogP contribution in [0, 0.1) is 0 Å². The van der Waals surface area contributed by atoms with Gasteiger partial charge in [0.2, 0.25) is 0 Å². The second-order valence-electron chi connectivity index (χ2n) is 7.08. The van der Waals surface area contributed by atoms with Crippen molar-refractivity contribution in [1.82, 2.24) is 10.6 Å². The fourth-order valence-electron chi connectivity index (χ4n) is 3.49. The van der Waals surface area contributed by atoms with E-state index in [1.54, 1.807) is 18.2 Å². The predicted molar refractivity (Wildman–Crippen MR) is 110 cm³/mol. The topological polar surface area (TPSA) is 76.7 Å². The molecule has 0 aliphatic carbocycles. The number of hydrogen-bond acceptors (Lipinski definition) is 5. The summed E-state index contributed by atoms with van der Waals surface area (Å²) in [5.41, 5.74) is 3.50. The summed E-state index contributed by atoms with van der Waals surface area (Å²) in [7, 11) is 0. The number of benzene rings is 2. The number of carbonyl (C=O) groups is 2. The van der Waals surface area contributed by atoms with Crippen LogP contribution in [0.3, 0.4) is 0 Å². The Balaban J connectivity index is 1.42. The first kappa shape index (κ1) is 19.1. The van der Waals surface area contributed by atoms with Gasteiger partial charge >= 0.3 is 0 Å². The molecule has 0 unspecified atom stereocenters. The maximum Gasteiger partial charge on any atom is 0.251 e. The number of fused-ring (bicyclic) bond motifs is 2. The van der Waals surface area contributed by atoms with Crippen LogP contribution in [0.1, 0.15) is 34.3 Å². The van der Waals surface area contributed by atoms with E-state index >= 15 is 0 Å². The molecule has 6 heteroatoms. The van der Waals surface area contributed by atoms with E-state index in [-0.39, 0.29) is 18.1 Å². The Kier molecular flexibility index (Phi) is 5.79. The average molecular weight is 392 g/mol. The first-order valence-electron chi connectivity index (χ1n) is 9.95. The van der Waals surface area contributed by atoms with Gasteiger partial charge in [-0.3, -0.25) is 9.59 Å². The molecule has 4 rings (SSSR count). The fourth-order valence-corrected chi connectivity index (χ4v) is 3.49. The molecule has 0 bridgehead atoms. The minimum atomic E-state index is -0.174. The summed E-state index contributed by atoms with van der Waals surface area (Å²) < 4.78 is 11.6. The van der Waals surface area contributed by atoms with Crippen molar-refractivity contribution < 1.29 is 19.1 Å². The van der Waals surface area contributed by atoms with Crippen LogP contribution < -0.4 is 20.1 Å². The van der Waals surface area contributed by atoms with Crippen molar-refractivity contribution in [2.45, 2.75) is 19.3 Å². The van der Waals surface area contributed by atoms with E-state index in [4.69, 9.17) is 9.47 Å². The van der Waals surface area contributed by atoms with Crippen LogP contribution in [0.5, 0.6) is 11.5 Å². The summed E-state index contributed by atoms with van der Waals surface area (Å²) in [6.45, 7) is 2.33. The van der Waals surface area contributed by atoms with Crippen LogP contribution >= 0.6 is 0 Å². The summed E-state index contributed by atoms with van der Waals surface area (Å²) in [5, 5.41) is 6.10. The maximum absolute atomic E-state index is 12.5. The SMILES string of the molecule is O=C(/C=C1\NCCc2cc3c(cc21)OCCCO3)CCNC(=O)c1ccccc1. The van der Waals surface area contributed by atoms with Gasteiger partial charge in [-0.25, -0.2) is 0 Å². The molecule has 0 atom stereocenters. The lowest BCUT2D eigenvalue weighted by molar-refractivity contribution is -0.114. The zero-order valence-corrected chi connectivity index (χ0v) is 16.2. The Bertz CT molecular complexity index is 937. The molecule has 2 aromatic carbocycles. The van der Waals surface area contributed by atoms with Crippen molar-refractivity contribution in [3.63, 3.8) is 0 Å². The van der Waals surface area contributed by atoms with E-state index in [0.29, 0.717) is 25.3 Å². The quantitative estimate of drug-likeness (QED) is 0.765. The molecule has 2 aliphatic heterocycles. The highest BCUT2D eigenvalue weighted by Crippen LogP contribution is 2.36. The first-order valence-corrected chi connectivity index (χ1v) is 9.95. The monoisotopic (exact) mass is 392 g/mol. The predicted octanol–water partition coefficient (Wildman–Crippen LogP) is 2.72. The number of ether oxygens (including phenoxy) is 2. The summed E-state index contributed by atoms with van der Waals surface area (Å²) >= 11 is 0. The standard InChI is InChI=1S/C23H24N2O4/c26-18(8-10-25-23(27)16-5-2-1-3-6-16)14-20-19-15-22-21(28-11-4-12-29-22)13-17(19)7-9-24-20/h1-3,5-6,13-15,24H,4,7-12H2,(H,25,27)/b20-14-. The lowest BCUT2D eigenvalue weighted by atomic mass is 9.96. The minimum Gasteiger partial charge on any atom is -0.490 e. The highest BCUT2D eigenvalue weighted by atomic mass is 16.5. The van der Waals surface area contributed by atoms with Gasteiger partial charge in [-0.1, -0.05) is 18.2 Å². The Morgan fingerprint density at radius 1 is 1.07 bits per heavy atom. The van der Waals surface area contributed by atoms with Crippen LogP contribution in [-0.4, -0.2) is 38.0 Å². The molecular formula is C23H24N2O4. The smallest absolute Gasteiger partial charge is 0.251 e. The number of nitrogens with one attached hydrogen (secondary N) is 2. The second kappa shape index (κ2) is 8.82. The number of allylic oxidation sites excluding steroid dienone is 1. The van der Waals surface area contributed by atoms with Gasteiger partial charge < -0.3 is 20.1 Å². The largest absolute Gasteiger partial charge is 0.490 e. The van der Waals surface area contributed by atoms with Crippen LogP contribution in [-0.2, 0) is 11.2 Å². The second-order valence-corrected chi connectivity index (χ2v) is 7.08. The number of ketones is 1. The Hall–Kier alpha value is -3.28. The van der Waals surface area contributed by atoms with Crippen molar-refractivity contribution in [2.24, 2.45) is 0 Å². The van der Waals surface area contributed by atoms with Crippen LogP contribution in [0.25, 0.3) is 5.70 Å². The fraction of sp³-hybridized carbons (Fsp3) is 0.304. The minimum absolute atomic E-state index is 0.0409. The van der Waals surface area contributed by atoms with Crippen molar-refractivity contribution in [3.05, 3.63) is 65.2 Å². The molecular weight excluding hydrogens is 368 g/mol. The van der Waals surface area contributed by atoms with Gasteiger partial charge in [0.1, 0.15) is 0 Å². The highest BCUT2D eigenvalue weighted by molar-refractivity contribution is 5.98. The van der Waals surface area contributed by atoms with Crippen molar-refractivity contribution in [3.8, 4) is 11.5 Å². The van der Waals surface area contributed by atoms with Crippen molar-refractivity contribution >= 4 is 17.4 Å². The lowest BCUT2D eigenvalue weighted by Crippen LogP contribution is -2.26. The molecule has 2 N–H and O–H groups in total. The van der Waals surface area contributed by atoms with Gasteiger partial charge in [0, 0.05) is 48.8 Å². The van der Waals surface area contributed by atoms with Crippen LogP contribution in [0.2, 0.25) is 0 Å². The molecule has 0 radical (unpaired) electrons. The molecule has 2 aromatic rings. The molecule has 0 spiro atoms. The molecule has 2 heterocycles. The van der Waals surface area contributed by atoms with Gasteiger partial charge in [0.15, 0.2) is 17.3 Å². The van der Waals surface area contributed by atoms with E-state index < -0.39 is 0 Å². The van der Waals surface area contributed by atoms with Gasteiger partial charge in [0.05, 0.1) is 13.2 Å². The van der Waals surface area contributed by atoms with Gasteiger partial charge in [-0.05, 0) is 36.2 Å². The number of amides is 1. The summed E-state index contributed by atoms with van der Waals surface area (Å²) in [4.78, 5) is 24.5. The van der Waals surface area contributed by atoms with E-state index in [1.165, 1.54) is 0 Å². The molecule has 0 saturated carbocycles. The molecule has 0 aromatic heterocycles. The number of hydrogen-bond donors (Lipinski definition) is 2. The molecule has 6 nitrogen and oxygen atoms in total. The zero-order valence-electron chi connectivity index (χ0n) is 16.2. The number of rotatable bonds is 5. The summed E-state index contributed by atoms with van der Waals surface area (Å²) in [5.74, 6) is 1.28. The third-order valence-electron chi connectivity index (χ3n) is 4.97. The van der Waals surface area contributed by atoms with Gasteiger partial charge in [0.25, 0.3) is 5.91 Å². The summed E-state index contributed by atoms with van der Waals surface area (Å²) in [6.07, 6.45) is 3.58. The van der Waals surface area contributed by atoms with Crippen molar-refractivity contribution in [2.75, 3.05) is 26.3 Å². The first-order chi connectivity index (χ1) is 14.2. The van der Waals surface area contributed by atoms with Gasteiger partial charge in [-0.2, -0.15) is 0 Å². The molecule has 2 aliphatic rings. The van der Waals surface area contributed by atoms with E-state index in [0.717, 1.165) is 47.7 Å². The molecule has 0 fully saturated rings. The number of carbonyl (C=O) groups excluding carboxylic acids is 2. The lowest BCUT2D eigenvalue weighted by Gasteiger charge is -2.23. The maximum atomic E-state index is 12.5. The van der Waals surface area contributed by atoms with E-state index in [2.05, 4.69) is 10.6 Å². The van der Waals surface area contributed by atoms with Crippen LogP contribution in [0.15, 0.2) is 48.5 Å². The van der Waals surface area contributed by atoms with Crippen molar-refractivity contribution in [1.29, 1.82) is 0 Å². The molecule has 29 heavy (non-hydrogen) atoms. The highest BCUT2D eigenvalue weighted by Gasteiger charge is 2.20. The molecule has 0 saturated heterocycles. The summed E-state index contributed by atoms with van der Waals surface area (Å²) in [6, 6.07) is 13.0. The van der Waals surface area contributed by atoms with E-state index in [1.807, 2.05) is 30.3 Å². The van der Waals surface area contributed by atoms with Gasteiger partial charge in [-0.15, -0.1) is 0 Å². The average Bonchev–Trinajstić information content (AvgIpc) is 2.98. The van der Waals surface area contributed by atoms with Crippen LogP contribution in [0.4, 0.5) is 0 Å². The Morgan fingerprint density at radius 2 is 1.83 bits per heavy atom. The Labute approximate surface area is 169 Å². The molecule has 150 valence electrons. The van der Waals surface area contributed by atoms with E-state index in [9.17, 15) is 9.59 Å². The molecule has 1 amide bonds.